The van der Waals surface area contributed by atoms with Crippen molar-refractivity contribution in [1.82, 2.24) is 5.32 Å². The third-order valence-corrected chi connectivity index (χ3v) is 3.21. The van der Waals surface area contributed by atoms with Crippen LogP contribution in [-0.4, -0.2) is 13.0 Å². The van der Waals surface area contributed by atoms with Gasteiger partial charge in [0.2, 0.25) is 5.91 Å². The summed E-state index contributed by atoms with van der Waals surface area (Å²) in [7, 11) is 1.74. The summed E-state index contributed by atoms with van der Waals surface area (Å²) in [5.74, 6) is 2.18. The number of amides is 1. The maximum atomic E-state index is 11.2. The quantitative estimate of drug-likeness (QED) is 0.602. The van der Waals surface area contributed by atoms with E-state index in [0.717, 1.165) is 11.8 Å². The third kappa shape index (κ3) is 1.05. The van der Waals surface area contributed by atoms with Crippen molar-refractivity contribution < 1.29 is 4.79 Å². The largest absolute Gasteiger partial charge is 0.359 e. The molecule has 1 N–H and O–H groups in total. The molecule has 0 spiro atoms. The van der Waals surface area contributed by atoms with Crippen molar-refractivity contribution in [3.63, 3.8) is 0 Å². The predicted octanol–water partition coefficient (Wildman–Crippen LogP) is 1.17. The van der Waals surface area contributed by atoms with Gasteiger partial charge in [0.05, 0.1) is 0 Å². The van der Waals surface area contributed by atoms with Crippen LogP contribution in [0, 0.1) is 17.8 Å². The van der Waals surface area contributed by atoms with Crippen molar-refractivity contribution in [2.45, 2.75) is 25.7 Å². The third-order valence-electron chi connectivity index (χ3n) is 3.21. The van der Waals surface area contributed by atoms with Gasteiger partial charge in [0, 0.05) is 13.0 Å². The normalized spacial score (nSPS) is 41.0. The molecule has 2 unspecified atom stereocenters. The van der Waals surface area contributed by atoms with Crippen LogP contribution in [0.25, 0.3) is 0 Å². The maximum absolute atomic E-state index is 11.2. The monoisotopic (exact) mass is 153 g/mol. The predicted molar refractivity (Wildman–Crippen MR) is 43.0 cm³/mol. The van der Waals surface area contributed by atoms with Gasteiger partial charge in [-0.2, -0.15) is 0 Å². The van der Waals surface area contributed by atoms with E-state index in [0.29, 0.717) is 5.92 Å². The van der Waals surface area contributed by atoms with Crippen LogP contribution < -0.4 is 5.32 Å². The van der Waals surface area contributed by atoms with Gasteiger partial charge in [-0.1, -0.05) is 12.8 Å². The molecule has 62 valence electrons. The number of rotatable bonds is 1. The molecule has 0 saturated heterocycles. The van der Waals surface area contributed by atoms with E-state index >= 15 is 0 Å². The lowest BCUT2D eigenvalue weighted by molar-refractivity contribution is -0.122. The first-order valence-corrected chi connectivity index (χ1v) is 4.56. The van der Waals surface area contributed by atoms with E-state index in [1.807, 2.05) is 0 Å². The van der Waals surface area contributed by atoms with Crippen molar-refractivity contribution in [2.75, 3.05) is 7.05 Å². The molecule has 2 fully saturated rings. The summed E-state index contributed by atoms with van der Waals surface area (Å²) < 4.78 is 0. The molecule has 0 aromatic heterocycles. The zero-order valence-corrected chi connectivity index (χ0v) is 6.97. The summed E-state index contributed by atoms with van der Waals surface area (Å²) in [5.41, 5.74) is 0. The molecule has 0 aliphatic heterocycles. The Morgan fingerprint density at radius 2 is 1.82 bits per heavy atom. The fraction of sp³-hybridized carbons (Fsp3) is 0.889. The number of hydrogen-bond acceptors (Lipinski definition) is 1. The summed E-state index contributed by atoms with van der Waals surface area (Å²) in [5, 5.41) is 2.74. The number of hydrogen-bond donors (Lipinski definition) is 1. The van der Waals surface area contributed by atoms with Crippen molar-refractivity contribution in [2.24, 2.45) is 17.8 Å². The van der Waals surface area contributed by atoms with E-state index in [1.54, 1.807) is 7.05 Å². The van der Waals surface area contributed by atoms with E-state index in [1.165, 1.54) is 25.7 Å². The van der Waals surface area contributed by atoms with Crippen molar-refractivity contribution >= 4 is 5.91 Å². The molecule has 0 heterocycles. The summed E-state index contributed by atoms with van der Waals surface area (Å²) >= 11 is 0. The number of carbonyl (C=O) groups excluding carboxylic acids is 1. The molecule has 2 nitrogen and oxygen atoms in total. The second kappa shape index (κ2) is 2.50. The summed E-state index contributed by atoms with van der Waals surface area (Å²) in [4.78, 5) is 11.2. The molecule has 2 aliphatic rings. The average Bonchev–Trinajstić information content (AvgIpc) is 2.77. The zero-order chi connectivity index (χ0) is 7.84. The first kappa shape index (κ1) is 7.14. The van der Waals surface area contributed by atoms with E-state index in [-0.39, 0.29) is 5.91 Å². The number of carbonyl (C=O) groups is 1. The minimum atomic E-state index is 0.280. The highest BCUT2D eigenvalue weighted by Crippen LogP contribution is 2.55. The van der Waals surface area contributed by atoms with Crippen LogP contribution in [0.2, 0.25) is 0 Å². The Hall–Kier alpha value is -0.530. The Bertz CT molecular complexity index is 166. The standard InChI is InChI=1S/C9H15NO/c1-10-9(11)8-6-4-2-3-5-7(6)8/h6-8H,2-5H2,1H3,(H,10,11). The Kier molecular flexibility index (Phi) is 1.63. The van der Waals surface area contributed by atoms with Crippen LogP contribution in [0.15, 0.2) is 0 Å². The Morgan fingerprint density at radius 1 is 1.27 bits per heavy atom. The Balaban J connectivity index is 1.94. The van der Waals surface area contributed by atoms with Crippen molar-refractivity contribution in [1.29, 1.82) is 0 Å². The molecular weight excluding hydrogens is 138 g/mol. The van der Waals surface area contributed by atoms with Crippen LogP contribution in [0.4, 0.5) is 0 Å². The number of fused-ring (bicyclic) bond motifs is 1. The molecule has 2 aliphatic carbocycles. The molecule has 0 bridgehead atoms. The van der Waals surface area contributed by atoms with Gasteiger partial charge < -0.3 is 5.32 Å². The second-order valence-electron chi connectivity index (χ2n) is 3.75. The highest BCUT2D eigenvalue weighted by Gasteiger charge is 2.54. The van der Waals surface area contributed by atoms with Crippen molar-refractivity contribution in [3.05, 3.63) is 0 Å². The van der Waals surface area contributed by atoms with E-state index < -0.39 is 0 Å². The number of nitrogens with one attached hydrogen (secondary N) is 1. The summed E-state index contributed by atoms with van der Waals surface area (Å²) in [6.07, 6.45) is 5.27. The molecule has 1 amide bonds. The lowest BCUT2D eigenvalue weighted by atomic mass is 10.0. The fourth-order valence-electron chi connectivity index (χ4n) is 2.55. The first-order chi connectivity index (χ1) is 5.34. The fourth-order valence-corrected chi connectivity index (χ4v) is 2.55. The molecule has 0 aromatic rings. The van der Waals surface area contributed by atoms with Crippen LogP contribution in [-0.2, 0) is 4.79 Å². The molecular formula is C9H15NO. The van der Waals surface area contributed by atoms with Gasteiger partial charge in [0.15, 0.2) is 0 Å². The van der Waals surface area contributed by atoms with Gasteiger partial charge in [0.25, 0.3) is 0 Å². The van der Waals surface area contributed by atoms with Crippen LogP contribution >= 0.6 is 0 Å². The second-order valence-corrected chi connectivity index (χ2v) is 3.75. The van der Waals surface area contributed by atoms with Gasteiger partial charge in [-0.15, -0.1) is 0 Å². The van der Waals surface area contributed by atoms with Crippen LogP contribution in [0.3, 0.4) is 0 Å². The first-order valence-electron chi connectivity index (χ1n) is 4.56. The van der Waals surface area contributed by atoms with Gasteiger partial charge in [0.1, 0.15) is 0 Å². The highest BCUT2D eigenvalue weighted by molar-refractivity contribution is 5.81. The summed E-state index contributed by atoms with van der Waals surface area (Å²) in [6.45, 7) is 0. The molecule has 11 heavy (non-hydrogen) atoms. The SMILES string of the molecule is CNC(=O)C1C2CCCCC21. The van der Waals surface area contributed by atoms with Crippen LogP contribution in [0.1, 0.15) is 25.7 Å². The zero-order valence-electron chi connectivity index (χ0n) is 6.97. The average molecular weight is 153 g/mol. The minimum Gasteiger partial charge on any atom is -0.359 e. The topological polar surface area (TPSA) is 29.1 Å². The highest BCUT2D eigenvalue weighted by atomic mass is 16.2. The van der Waals surface area contributed by atoms with E-state index in [4.69, 9.17) is 0 Å². The summed E-state index contributed by atoms with van der Waals surface area (Å²) in [6, 6.07) is 0. The van der Waals surface area contributed by atoms with Gasteiger partial charge in [-0.3, -0.25) is 4.79 Å². The molecule has 0 radical (unpaired) electrons. The van der Waals surface area contributed by atoms with Gasteiger partial charge in [-0.05, 0) is 24.7 Å². The lowest BCUT2D eigenvalue weighted by Gasteiger charge is -2.04. The van der Waals surface area contributed by atoms with Crippen molar-refractivity contribution in [3.8, 4) is 0 Å². The lowest BCUT2D eigenvalue weighted by Crippen LogP contribution is -2.20. The van der Waals surface area contributed by atoms with E-state index in [9.17, 15) is 4.79 Å². The molecule has 2 heteroatoms. The Morgan fingerprint density at radius 3 is 2.27 bits per heavy atom. The molecule has 2 atom stereocenters. The smallest absolute Gasteiger partial charge is 0.223 e. The maximum Gasteiger partial charge on any atom is 0.223 e. The Labute approximate surface area is 67.4 Å². The van der Waals surface area contributed by atoms with Gasteiger partial charge >= 0.3 is 0 Å². The van der Waals surface area contributed by atoms with Crippen LogP contribution in [0.5, 0.6) is 0 Å². The van der Waals surface area contributed by atoms with Gasteiger partial charge in [-0.25, -0.2) is 0 Å². The molecule has 0 aromatic carbocycles. The molecule has 2 saturated carbocycles. The molecule has 2 rings (SSSR count). The minimum absolute atomic E-state index is 0.280. The van der Waals surface area contributed by atoms with E-state index in [2.05, 4.69) is 5.32 Å².